The Morgan fingerprint density at radius 1 is 1.47 bits per heavy atom. The second-order valence-corrected chi connectivity index (χ2v) is 3.90. The van der Waals surface area contributed by atoms with Crippen LogP contribution in [-0.4, -0.2) is 18.2 Å². The number of hydrogen-bond donors (Lipinski definition) is 1. The molecule has 0 unspecified atom stereocenters. The molecule has 3 nitrogen and oxygen atoms in total. The SMILES string of the molecule is CC.COc1ccc2c(c1)CC[C@H]2CC(=O)O. The van der Waals surface area contributed by atoms with Crippen molar-refractivity contribution in [2.45, 2.75) is 39.0 Å². The molecule has 0 heterocycles. The molecule has 1 atom stereocenters. The molecule has 0 aliphatic heterocycles. The number of aryl methyl sites for hydroxylation is 1. The van der Waals surface area contributed by atoms with E-state index in [2.05, 4.69) is 0 Å². The molecule has 1 N–H and O–H groups in total. The molecular formula is C14H20O3. The van der Waals surface area contributed by atoms with Crippen LogP contribution in [0.4, 0.5) is 0 Å². The molecule has 17 heavy (non-hydrogen) atoms. The van der Waals surface area contributed by atoms with Gasteiger partial charge in [-0.3, -0.25) is 4.79 Å². The molecule has 0 saturated heterocycles. The fraction of sp³-hybridized carbons (Fsp3) is 0.500. The lowest BCUT2D eigenvalue weighted by Gasteiger charge is -2.09. The van der Waals surface area contributed by atoms with Crippen molar-refractivity contribution >= 4 is 5.97 Å². The van der Waals surface area contributed by atoms with E-state index in [1.165, 1.54) is 11.1 Å². The lowest BCUT2D eigenvalue weighted by atomic mass is 9.98. The van der Waals surface area contributed by atoms with E-state index >= 15 is 0 Å². The molecule has 0 fully saturated rings. The summed E-state index contributed by atoms with van der Waals surface area (Å²) in [7, 11) is 1.64. The van der Waals surface area contributed by atoms with E-state index in [9.17, 15) is 4.79 Å². The molecule has 2 rings (SSSR count). The highest BCUT2D eigenvalue weighted by Crippen LogP contribution is 2.37. The first-order valence-corrected chi connectivity index (χ1v) is 6.09. The van der Waals surface area contributed by atoms with Gasteiger partial charge in [-0.15, -0.1) is 0 Å². The predicted octanol–water partition coefficient (Wildman–Crippen LogP) is 3.23. The second-order valence-electron chi connectivity index (χ2n) is 3.90. The maximum atomic E-state index is 10.7. The number of ether oxygens (including phenoxy) is 1. The van der Waals surface area contributed by atoms with Crippen molar-refractivity contribution in [2.24, 2.45) is 0 Å². The van der Waals surface area contributed by atoms with Gasteiger partial charge in [0, 0.05) is 0 Å². The molecule has 0 spiro atoms. The van der Waals surface area contributed by atoms with Gasteiger partial charge in [0.05, 0.1) is 13.5 Å². The van der Waals surface area contributed by atoms with Crippen molar-refractivity contribution in [2.75, 3.05) is 7.11 Å². The first-order valence-electron chi connectivity index (χ1n) is 6.09. The van der Waals surface area contributed by atoms with Crippen LogP contribution in [-0.2, 0) is 11.2 Å². The van der Waals surface area contributed by atoms with E-state index in [0.29, 0.717) is 0 Å². The quantitative estimate of drug-likeness (QED) is 0.876. The number of fused-ring (bicyclic) bond motifs is 1. The van der Waals surface area contributed by atoms with E-state index in [-0.39, 0.29) is 12.3 Å². The van der Waals surface area contributed by atoms with Crippen LogP contribution in [0.3, 0.4) is 0 Å². The normalized spacial score (nSPS) is 16.8. The molecule has 0 radical (unpaired) electrons. The van der Waals surface area contributed by atoms with Gasteiger partial charge in [0.1, 0.15) is 5.75 Å². The van der Waals surface area contributed by atoms with E-state index < -0.39 is 5.97 Å². The fourth-order valence-corrected chi connectivity index (χ4v) is 2.23. The Hall–Kier alpha value is -1.51. The van der Waals surface area contributed by atoms with Crippen LogP contribution in [0.5, 0.6) is 5.75 Å². The van der Waals surface area contributed by atoms with Crippen molar-refractivity contribution in [1.82, 2.24) is 0 Å². The Kier molecular flexibility index (Phi) is 5.01. The number of carboxylic acid groups (broad SMARTS) is 1. The average Bonchev–Trinajstić information content (AvgIpc) is 2.73. The fourth-order valence-electron chi connectivity index (χ4n) is 2.23. The minimum absolute atomic E-state index is 0.184. The van der Waals surface area contributed by atoms with Crippen LogP contribution < -0.4 is 4.74 Å². The molecular weight excluding hydrogens is 216 g/mol. The highest BCUT2D eigenvalue weighted by Gasteiger charge is 2.24. The summed E-state index contributed by atoms with van der Waals surface area (Å²) in [6, 6.07) is 5.91. The molecule has 0 saturated carbocycles. The summed E-state index contributed by atoms with van der Waals surface area (Å²) in [5.74, 6) is 0.316. The van der Waals surface area contributed by atoms with Gasteiger partial charge in [0.15, 0.2) is 0 Å². The van der Waals surface area contributed by atoms with Gasteiger partial charge in [-0.25, -0.2) is 0 Å². The number of rotatable bonds is 3. The van der Waals surface area contributed by atoms with Crippen molar-refractivity contribution in [1.29, 1.82) is 0 Å². The average molecular weight is 236 g/mol. The molecule has 0 aromatic heterocycles. The third-order valence-corrected chi connectivity index (χ3v) is 2.97. The minimum Gasteiger partial charge on any atom is -0.497 e. The van der Waals surface area contributed by atoms with Gasteiger partial charge in [-0.05, 0) is 42.0 Å². The van der Waals surface area contributed by atoms with Gasteiger partial charge in [-0.2, -0.15) is 0 Å². The summed E-state index contributed by atoms with van der Waals surface area (Å²) < 4.78 is 5.14. The first-order chi connectivity index (χ1) is 8.20. The summed E-state index contributed by atoms with van der Waals surface area (Å²) in [4.78, 5) is 10.7. The summed E-state index contributed by atoms with van der Waals surface area (Å²) in [6.07, 6.45) is 2.14. The summed E-state index contributed by atoms with van der Waals surface area (Å²) in [5.41, 5.74) is 2.42. The topological polar surface area (TPSA) is 46.5 Å². The molecule has 1 aliphatic carbocycles. The zero-order valence-corrected chi connectivity index (χ0v) is 10.7. The Bertz CT molecular complexity index is 385. The molecule has 0 amide bonds. The lowest BCUT2D eigenvalue weighted by Crippen LogP contribution is -2.02. The number of aliphatic carboxylic acids is 1. The molecule has 1 aromatic rings. The van der Waals surface area contributed by atoms with Crippen LogP contribution in [0.2, 0.25) is 0 Å². The summed E-state index contributed by atoms with van der Waals surface area (Å²) in [6.45, 7) is 4.00. The van der Waals surface area contributed by atoms with E-state index in [0.717, 1.165) is 18.6 Å². The Labute approximate surface area is 102 Å². The van der Waals surface area contributed by atoms with Crippen LogP contribution >= 0.6 is 0 Å². The van der Waals surface area contributed by atoms with Crippen LogP contribution in [0.1, 0.15) is 43.7 Å². The van der Waals surface area contributed by atoms with Gasteiger partial charge in [0.2, 0.25) is 0 Å². The first kappa shape index (κ1) is 13.6. The zero-order chi connectivity index (χ0) is 12.8. The Morgan fingerprint density at radius 2 is 2.18 bits per heavy atom. The minimum atomic E-state index is -0.719. The van der Waals surface area contributed by atoms with Crippen molar-refractivity contribution in [3.8, 4) is 5.75 Å². The number of hydrogen-bond acceptors (Lipinski definition) is 2. The van der Waals surface area contributed by atoms with Gasteiger partial charge >= 0.3 is 5.97 Å². The molecule has 3 heteroatoms. The van der Waals surface area contributed by atoms with Crippen molar-refractivity contribution < 1.29 is 14.6 Å². The lowest BCUT2D eigenvalue weighted by molar-refractivity contribution is -0.137. The van der Waals surface area contributed by atoms with Crippen LogP contribution in [0, 0.1) is 0 Å². The number of methoxy groups -OCH3 is 1. The second kappa shape index (κ2) is 6.28. The maximum Gasteiger partial charge on any atom is 0.303 e. The number of carboxylic acids is 1. The smallest absolute Gasteiger partial charge is 0.303 e. The van der Waals surface area contributed by atoms with E-state index in [1.54, 1.807) is 7.11 Å². The van der Waals surface area contributed by atoms with Gasteiger partial charge < -0.3 is 9.84 Å². The molecule has 0 bridgehead atoms. The van der Waals surface area contributed by atoms with Gasteiger partial charge in [-0.1, -0.05) is 19.9 Å². The summed E-state index contributed by atoms with van der Waals surface area (Å²) >= 11 is 0. The molecule has 94 valence electrons. The monoisotopic (exact) mass is 236 g/mol. The van der Waals surface area contributed by atoms with Gasteiger partial charge in [0.25, 0.3) is 0 Å². The Morgan fingerprint density at radius 3 is 2.76 bits per heavy atom. The van der Waals surface area contributed by atoms with Crippen LogP contribution in [0.25, 0.3) is 0 Å². The third kappa shape index (κ3) is 3.22. The zero-order valence-electron chi connectivity index (χ0n) is 10.7. The highest BCUT2D eigenvalue weighted by molar-refractivity contribution is 5.68. The van der Waals surface area contributed by atoms with Crippen molar-refractivity contribution in [3.05, 3.63) is 29.3 Å². The van der Waals surface area contributed by atoms with E-state index in [1.807, 2.05) is 32.0 Å². The number of carbonyl (C=O) groups is 1. The largest absolute Gasteiger partial charge is 0.497 e. The van der Waals surface area contributed by atoms with Crippen molar-refractivity contribution in [3.63, 3.8) is 0 Å². The van der Waals surface area contributed by atoms with Crippen LogP contribution in [0.15, 0.2) is 18.2 Å². The number of benzene rings is 1. The third-order valence-electron chi connectivity index (χ3n) is 2.97. The molecule has 1 aliphatic rings. The summed E-state index contributed by atoms with van der Waals surface area (Å²) in [5, 5.41) is 8.78. The maximum absolute atomic E-state index is 10.7. The van der Waals surface area contributed by atoms with E-state index in [4.69, 9.17) is 9.84 Å². The predicted molar refractivity (Wildman–Crippen MR) is 67.7 cm³/mol. The highest BCUT2D eigenvalue weighted by atomic mass is 16.5. The standard InChI is InChI=1S/C12H14O3.C2H6/c1-15-10-4-5-11-8(6-10)2-3-9(11)7-12(13)14;1-2/h4-6,9H,2-3,7H2,1H3,(H,13,14);1-2H3/t9-;/m0./s1. The molecule has 1 aromatic carbocycles. The Balaban J connectivity index is 0.000000686.